The predicted octanol–water partition coefficient (Wildman–Crippen LogP) is 3.69. The molecule has 1 amide bonds. The largest absolute Gasteiger partial charge is 0.497 e. The SMILES string of the molecule is COc1ccc(OC)c(-n2c(C)cc(/C=C(/C#N)C(=O)Nc3nc(S(=O)(=O)C(C)C)ns3)c2C)c1. The molecule has 0 aliphatic heterocycles. The van der Waals surface area contributed by atoms with Gasteiger partial charge in [-0.1, -0.05) is 0 Å². The number of methoxy groups -OCH3 is 2. The smallest absolute Gasteiger partial charge is 0.268 e. The van der Waals surface area contributed by atoms with Crippen molar-refractivity contribution < 1.29 is 22.7 Å². The summed E-state index contributed by atoms with van der Waals surface area (Å²) < 4.78 is 41.1. The summed E-state index contributed by atoms with van der Waals surface area (Å²) in [7, 11) is -0.527. The number of hydrogen-bond donors (Lipinski definition) is 1. The lowest BCUT2D eigenvalue weighted by molar-refractivity contribution is -0.112. The maximum absolute atomic E-state index is 12.7. The van der Waals surface area contributed by atoms with Crippen molar-refractivity contribution in [3.63, 3.8) is 0 Å². The molecule has 3 rings (SSSR count). The van der Waals surface area contributed by atoms with Gasteiger partial charge in [-0.3, -0.25) is 10.1 Å². The number of carbonyl (C=O) groups is 1. The molecule has 184 valence electrons. The Morgan fingerprint density at radius 1 is 1.23 bits per heavy atom. The van der Waals surface area contributed by atoms with E-state index in [9.17, 15) is 18.5 Å². The van der Waals surface area contributed by atoms with E-state index in [4.69, 9.17) is 9.47 Å². The molecular weight excluding hydrogens is 490 g/mol. The molecule has 0 aliphatic rings. The monoisotopic (exact) mass is 515 g/mol. The summed E-state index contributed by atoms with van der Waals surface area (Å²) in [6.45, 7) is 6.79. The molecule has 0 fully saturated rings. The highest BCUT2D eigenvalue weighted by Gasteiger charge is 2.25. The minimum absolute atomic E-state index is 0.0121. The molecule has 0 saturated heterocycles. The highest BCUT2D eigenvalue weighted by Crippen LogP contribution is 2.32. The van der Waals surface area contributed by atoms with Crippen molar-refractivity contribution in [2.45, 2.75) is 38.1 Å². The van der Waals surface area contributed by atoms with Crippen LogP contribution < -0.4 is 14.8 Å². The predicted molar refractivity (Wildman–Crippen MR) is 133 cm³/mol. The van der Waals surface area contributed by atoms with Gasteiger partial charge in [0.15, 0.2) is 0 Å². The molecule has 10 nitrogen and oxygen atoms in total. The third-order valence-electron chi connectivity index (χ3n) is 5.27. The number of sulfone groups is 1. The van der Waals surface area contributed by atoms with Gasteiger partial charge in [-0.05, 0) is 57.5 Å². The van der Waals surface area contributed by atoms with E-state index in [1.165, 1.54) is 19.9 Å². The summed E-state index contributed by atoms with van der Waals surface area (Å²) in [6.07, 6.45) is 1.47. The van der Waals surface area contributed by atoms with Crippen molar-refractivity contribution in [2.24, 2.45) is 0 Å². The summed E-state index contributed by atoms with van der Waals surface area (Å²) >= 11 is 0.732. The fourth-order valence-electron chi connectivity index (χ4n) is 3.33. The van der Waals surface area contributed by atoms with E-state index in [0.29, 0.717) is 17.1 Å². The van der Waals surface area contributed by atoms with Crippen LogP contribution in [0.3, 0.4) is 0 Å². The third-order valence-corrected chi connectivity index (χ3v) is 7.94. The van der Waals surface area contributed by atoms with Gasteiger partial charge in [-0.2, -0.15) is 14.6 Å². The second-order valence-corrected chi connectivity index (χ2v) is 10.9. The van der Waals surface area contributed by atoms with Gasteiger partial charge < -0.3 is 14.0 Å². The van der Waals surface area contributed by atoms with Crippen LogP contribution in [0.4, 0.5) is 5.13 Å². The number of ether oxygens (including phenoxy) is 2. The Morgan fingerprint density at radius 3 is 2.54 bits per heavy atom. The fraction of sp³-hybridized carbons (Fsp3) is 0.304. The van der Waals surface area contributed by atoms with Crippen LogP contribution in [0.25, 0.3) is 11.8 Å². The summed E-state index contributed by atoms with van der Waals surface area (Å²) in [5, 5.41) is 11.0. The highest BCUT2D eigenvalue weighted by molar-refractivity contribution is 7.91. The Labute approximate surface area is 207 Å². The van der Waals surface area contributed by atoms with Crippen molar-refractivity contribution in [2.75, 3.05) is 19.5 Å². The fourth-order valence-corrected chi connectivity index (χ4v) is 5.03. The molecule has 0 spiro atoms. The molecule has 2 heterocycles. The molecule has 0 saturated carbocycles. The first-order valence-corrected chi connectivity index (χ1v) is 12.8. The van der Waals surface area contributed by atoms with E-state index < -0.39 is 21.0 Å². The summed E-state index contributed by atoms with van der Waals surface area (Å²) in [4.78, 5) is 16.6. The van der Waals surface area contributed by atoms with Crippen LogP contribution in [0.2, 0.25) is 0 Å². The van der Waals surface area contributed by atoms with Crippen LogP contribution in [0.5, 0.6) is 11.5 Å². The molecule has 1 N–H and O–H groups in total. The lowest BCUT2D eigenvalue weighted by atomic mass is 10.1. The number of nitrogens with one attached hydrogen (secondary N) is 1. The van der Waals surface area contributed by atoms with E-state index in [2.05, 4.69) is 14.7 Å². The Hall–Kier alpha value is -3.69. The second kappa shape index (κ2) is 10.3. The molecule has 0 bridgehead atoms. The summed E-state index contributed by atoms with van der Waals surface area (Å²) in [6, 6.07) is 9.17. The van der Waals surface area contributed by atoms with Crippen LogP contribution >= 0.6 is 11.5 Å². The zero-order chi connectivity index (χ0) is 25.9. The number of nitrogens with zero attached hydrogens (tertiary/aromatic N) is 4. The second-order valence-electron chi connectivity index (χ2n) is 7.80. The normalized spacial score (nSPS) is 11.9. The van der Waals surface area contributed by atoms with Gasteiger partial charge in [0.2, 0.25) is 15.0 Å². The van der Waals surface area contributed by atoms with Crippen LogP contribution in [0.1, 0.15) is 30.8 Å². The molecule has 0 aliphatic carbocycles. The first kappa shape index (κ1) is 25.9. The Morgan fingerprint density at radius 2 is 1.94 bits per heavy atom. The molecule has 0 radical (unpaired) electrons. The van der Waals surface area contributed by atoms with E-state index in [-0.39, 0.29) is 15.9 Å². The first-order chi connectivity index (χ1) is 16.5. The first-order valence-electron chi connectivity index (χ1n) is 10.5. The van der Waals surface area contributed by atoms with Crippen molar-refractivity contribution in [3.8, 4) is 23.3 Å². The van der Waals surface area contributed by atoms with Crippen LogP contribution in [-0.2, 0) is 14.6 Å². The van der Waals surface area contributed by atoms with Crippen molar-refractivity contribution in [1.29, 1.82) is 5.26 Å². The van der Waals surface area contributed by atoms with Gasteiger partial charge in [0, 0.05) is 29.0 Å². The van der Waals surface area contributed by atoms with Crippen LogP contribution in [-0.4, -0.2) is 47.7 Å². The van der Waals surface area contributed by atoms with E-state index in [0.717, 1.165) is 28.6 Å². The van der Waals surface area contributed by atoms with Crippen LogP contribution in [0.15, 0.2) is 35.0 Å². The van der Waals surface area contributed by atoms with Gasteiger partial charge in [-0.15, -0.1) is 0 Å². The minimum Gasteiger partial charge on any atom is -0.497 e. The Kier molecular flexibility index (Phi) is 7.62. The Bertz CT molecular complexity index is 1450. The average molecular weight is 516 g/mol. The minimum atomic E-state index is -3.68. The molecule has 1 aromatic carbocycles. The number of aromatic nitrogens is 3. The number of benzene rings is 1. The number of anilines is 1. The Balaban J connectivity index is 1.94. The molecule has 2 aromatic heterocycles. The average Bonchev–Trinajstić information content (AvgIpc) is 3.40. The van der Waals surface area contributed by atoms with Crippen molar-refractivity contribution in [3.05, 3.63) is 46.8 Å². The summed E-state index contributed by atoms with van der Waals surface area (Å²) in [5.74, 6) is 0.559. The zero-order valence-corrected chi connectivity index (χ0v) is 21.7. The lowest BCUT2D eigenvalue weighted by Gasteiger charge is -2.15. The number of aryl methyl sites for hydroxylation is 1. The maximum atomic E-state index is 12.7. The molecule has 0 atom stereocenters. The number of rotatable bonds is 8. The standard InChI is InChI=1S/C23H25N5O5S2/c1-13(2)35(30,31)23-26-22(34-27-23)25-21(29)17(12-24)10-16-9-14(3)28(15(16)4)19-11-18(32-5)7-8-20(19)33-6/h7-11,13H,1-6H3,(H,25,26,27,29)/b17-10-. The van der Waals surface area contributed by atoms with Gasteiger partial charge in [-0.25, -0.2) is 8.42 Å². The topological polar surface area (TPSA) is 136 Å². The van der Waals surface area contributed by atoms with Gasteiger partial charge in [0.1, 0.15) is 23.1 Å². The number of amides is 1. The van der Waals surface area contributed by atoms with E-state index >= 15 is 0 Å². The molecular formula is C23H25N5O5S2. The number of carbonyl (C=O) groups excluding carboxylic acids is 1. The summed E-state index contributed by atoms with van der Waals surface area (Å²) in [5.41, 5.74) is 2.85. The molecule has 0 unspecified atom stereocenters. The quantitative estimate of drug-likeness (QED) is 0.354. The van der Waals surface area contributed by atoms with Crippen molar-refractivity contribution >= 4 is 38.5 Å². The molecule has 12 heteroatoms. The van der Waals surface area contributed by atoms with Crippen LogP contribution in [0, 0.1) is 25.2 Å². The van der Waals surface area contributed by atoms with E-state index in [1.54, 1.807) is 26.4 Å². The van der Waals surface area contributed by atoms with Gasteiger partial charge in [0.25, 0.3) is 11.1 Å². The number of nitriles is 1. The lowest BCUT2D eigenvalue weighted by Crippen LogP contribution is -2.16. The highest BCUT2D eigenvalue weighted by atomic mass is 32.2. The van der Waals surface area contributed by atoms with Crippen molar-refractivity contribution in [1.82, 2.24) is 13.9 Å². The van der Waals surface area contributed by atoms with Gasteiger partial charge >= 0.3 is 0 Å². The third kappa shape index (κ3) is 5.21. The maximum Gasteiger partial charge on any atom is 0.268 e. The number of hydrogen-bond acceptors (Lipinski definition) is 9. The molecule has 35 heavy (non-hydrogen) atoms. The molecule has 3 aromatic rings. The zero-order valence-electron chi connectivity index (χ0n) is 20.1. The van der Waals surface area contributed by atoms with E-state index in [1.807, 2.05) is 36.6 Å². The van der Waals surface area contributed by atoms with Gasteiger partial charge in [0.05, 0.1) is 25.2 Å².